The second-order valence-electron chi connectivity index (χ2n) is 8.52. The molecule has 3 rings (SSSR count). The highest BCUT2D eigenvalue weighted by Crippen LogP contribution is 2.34. The van der Waals surface area contributed by atoms with Gasteiger partial charge in [0.2, 0.25) is 0 Å². The van der Waals surface area contributed by atoms with Gasteiger partial charge < -0.3 is 15.0 Å². The standard InChI is InChI=1S/C26H36N2O/c1-20(2)18-21(3)26(27-19-22-12-14-23(29-4)15-13-22)24-10-6-7-11-25(24)28-16-8-5-9-17-28/h6-7,10-15,20,26-27H,3,5,8-9,16-19H2,1-2,4H3. The maximum absolute atomic E-state index is 5.29. The molecule has 1 unspecified atom stereocenters. The Balaban J connectivity index is 1.84. The Kier molecular flexibility index (Phi) is 7.76. The summed E-state index contributed by atoms with van der Waals surface area (Å²) in [6.07, 6.45) is 4.93. The summed E-state index contributed by atoms with van der Waals surface area (Å²) in [5, 5.41) is 3.81. The second kappa shape index (κ2) is 10.5. The zero-order valence-electron chi connectivity index (χ0n) is 18.3. The van der Waals surface area contributed by atoms with Crippen LogP contribution in [-0.4, -0.2) is 20.2 Å². The summed E-state index contributed by atoms with van der Waals surface area (Å²) in [5.74, 6) is 1.49. The smallest absolute Gasteiger partial charge is 0.118 e. The van der Waals surface area contributed by atoms with E-state index < -0.39 is 0 Å². The number of anilines is 1. The Bertz CT molecular complexity index is 776. The van der Waals surface area contributed by atoms with E-state index in [4.69, 9.17) is 4.74 Å². The number of methoxy groups -OCH3 is 1. The summed E-state index contributed by atoms with van der Waals surface area (Å²) in [4.78, 5) is 2.56. The highest BCUT2D eigenvalue weighted by Gasteiger charge is 2.22. The molecule has 29 heavy (non-hydrogen) atoms. The Labute approximate surface area is 176 Å². The van der Waals surface area contributed by atoms with Gasteiger partial charge in [-0.15, -0.1) is 0 Å². The minimum Gasteiger partial charge on any atom is -0.497 e. The first-order valence-electron chi connectivity index (χ1n) is 11.0. The highest BCUT2D eigenvalue weighted by molar-refractivity contribution is 5.57. The van der Waals surface area contributed by atoms with Gasteiger partial charge in [0, 0.05) is 25.3 Å². The summed E-state index contributed by atoms with van der Waals surface area (Å²) in [6.45, 7) is 12.1. The number of nitrogens with zero attached hydrogens (tertiary/aromatic N) is 1. The van der Waals surface area contributed by atoms with Gasteiger partial charge in [-0.3, -0.25) is 0 Å². The van der Waals surface area contributed by atoms with Crippen molar-refractivity contribution in [2.75, 3.05) is 25.1 Å². The van der Waals surface area contributed by atoms with Gasteiger partial charge in [0.1, 0.15) is 5.75 Å². The van der Waals surface area contributed by atoms with Crippen molar-refractivity contribution in [1.29, 1.82) is 0 Å². The first-order valence-corrected chi connectivity index (χ1v) is 11.0. The number of hydrogen-bond acceptors (Lipinski definition) is 3. The van der Waals surface area contributed by atoms with Gasteiger partial charge in [0.15, 0.2) is 0 Å². The van der Waals surface area contributed by atoms with E-state index in [-0.39, 0.29) is 6.04 Å². The predicted molar refractivity (Wildman–Crippen MR) is 124 cm³/mol. The van der Waals surface area contributed by atoms with E-state index in [1.54, 1.807) is 7.11 Å². The Morgan fingerprint density at radius 2 is 1.72 bits per heavy atom. The predicted octanol–water partition coefficient (Wildman–Crippen LogP) is 6.12. The maximum atomic E-state index is 5.29. The van der Waals surface area contributed by atoms with Crippen LogP contribution in [0, 0.1) is 5.92 Å². The van der Waals surface area contributed by atoms with Crippen molar-refractivity contribution in [2.45, 2.75) is 52.1 Å². The van der Waals surface area contributed by atoms with Gasteiger partial charge in [-0.2, -0.15) is 0 Å². The van der Waals surface area contributed by atoms with Crippen molar-refractivity contribution in [3.63, 3.8) is 0 Å². The van der Waals surface area contributed by atoms with Crippen LogP contribution in [0.2, 0.25) is 0 Å². The van der Waals surface area contributed by atoms with E-state index in [1.165, 1.54) is 41.6 Å². The van der Waals surface area contributed by atoms with Crippen LogP contribution < -0.4 is 15.0 Å². The van der Waals surface area contributed by atoms with Crippen LogP contribution >= 0.6 is 0 Å². The summed E-state index contributed by atoms with van der Waals surface area (Å²) in [6, 6.07) is 17.3. The molecule has 0 spiro atoms. The summed E-state index contributed by atoms with van der Waals surface area (Å²) in [5.41, 5.74) is 5.24. The molecule has 0 radical (unpaired) electrons. The van der Waals surface area contributed by atoms with Crippen LogP contribution in [0.25, 0.3) is 0 Å². The number of piperidine rings is 1. The molecular formula is C26H36N2O. The first-order chi connectivity index (χ1) is 14.1. The lowest BCUT2D eigenvalue weighted by atomic mass is 9.91. The van der Waals surface area contributed by atoms with Gasteiger partial charge in [-0.1, -0.05) is 56.3 Å². The molecule has 0 amide bonds. The highest BCUT2D eigenvalue weighted by atomic mass is 16.5. The maximum Gasteiger partial charge on any atom is 0.118 e. The van der Waals surface area contributed by atoms with Gasteiger partial charge >= 0.3 is 0 Å². The lowest BCUT2D eigenvalue weighted by molar-refractivity contribution is 0.414. The Morgan fingerprint density at radius 3 is 2.38 bits per heavy atom. The molecule has 3 heteroatoms. The van der Waals surface area contributed by atoms with E-state index in [0.717, 1.165) is 31.8 Å². The van der Waals surface area contributed by atoms with Crippen molar-refractivity contribution in [3.05, 3.63) is 71.8 Å². The zero-order valence-corrected chi connectivity index (χ0v) is 18.3. The summed E-state index contributed by atoms with van der Waals surface area (Å²) < 4.78 is 5.29. The van der Waals surface area contributed by atoms with Gasteiger partial charge in [0.25, 0.3) is 0 Å². The molecule has 1 saturated heterocycles. The number of nitrogens with one attached hydrogen (secondary N) is 1. The fraction of sp³-hybridized carbons (Fsp3) is 0.462. The van der Waals surface area contributed by atoms with Gasteiger partial charge in [-0.05, 0) is 60.9 Å². The lowest BCUT2D eigenvalue weighted by Gasteiger charge is -2.33. The Morgan fingerprint density at radius 1 is 1.03 bits per heavy atom. The Hall–Kier alpha value is -2.26. The monoisotopic (exact) mass is 392 g/mol. The zero-order chi connectivity index (χ0) is 20.6. The van der Waals surface area contributed by atoms with Crippen molar-refractivity contribution >= 4 is 5.69 Å². The van der Waals surface area contributed by atoms with Crippen molar-refractivity contribution < 1.29 is 4.74 Å². The van der Waals surface area contributed by atoms with Crippen LogP contribution in [0.15, 0.2) is 60.7 Å². The molecule has 3 nitrogen and oxygen atoms in total. The average molecular weight is 393 g/mol. The van der Waals surface area contributed by atoms with Gasteiger partial charge in [-0.25, -0.2) is 0 Å². The molecule has 1 aliphatic heterocycles. The molecule has 1 atom stereocenters. The molecule has 2 aromatic rings. The third-order valence-corrected chi connectivity index (χ3v) is 5.69. The van der Waals surface area contributed by atoms with Crippen LogP contribution in [0.5, 0.6) is 5.75 Å². The largest absolute Gasteiger partial charge is 0.497 e. The van der Waals surface area contributed by atoms with Crippen molar-refractivity contribution in [1.82, 2.24) is 5.32 Å². The fourth-order valence-electron chi connectivity index (χ4n) is 4.23. The van der Waals surface area contributed by atoms with Crippen molar-refractivity contribution in [3.8, 4) is 5.75 Å². The van der Waals surface area contributed by atoms with Crippen LogP contribution in [-0.2, 0) is 6.54 Å². The molecule has 1 fully saturated rings. The van der Waals surface area contributed by atoms with Crippen molar-refractivity contribution in [2.24, 2.45) is 5.92 Å². The molecule has 156 valence electrons. The summed E-state index contributed by atoms with van der Waals surface area (Å²) in [7, 11) is 1.71. The molecule has 1 N–H and O–H groups in total. The first kappa shape index (κ1) is 21.4. The molecule has 0 aliphatic carbocycles. The molecule has 0 aromatic heterocycles. The van der Waals surface area contributed by atoms with E-state index in [9.17, 15) is 0 Å². The topological polar surface area (TPSA) is 24.5 Å². The molecule has 2 aromatic carbocycles. The van der Waals surface area contributed by atoms with Gasteiger partial charge in [0.05, 0.1) is 13.2 Å². The second-order valence-corrected chi connectivity index (χ2v) is 8.52. The number of para-hydroxylation sites is 1. The minimum atomic E-state index is 0.151. The van der Waals surface area contributed by atoms with E-state index >= 15 is 0 Å². The molecule has 0 saturated carbocycles. The quantitative estimate of drug-likeness (QED) is 0.520. The number of ether oxygens (including phenoxy) is 1. The van der Waals surface area contributed by atoms with Crippen LogP contribution in [0.3, 0.4) is 0 Å². The van der Waals surface area contributed by atoms with Crippen LogP contribution in [0.4, 0.5) is 5.69 Å². The lowest BCUT2D eigenvalue weighted by Crippen LogP contribution is -2.32. The van der Waals surface area contributed by atoms with Crippen LogP contribution in [0.1, 0.15) is 56.7 Å². The molecule has 1 aliphatic rings. The third-order valence-electron chi connectivity index (χ3n) is 5.69. The van der Waals surface area contributed by atoms with E-state index in [2.05, 4.69) is 67.0 Å². The normalized spacial score (nSPS) is 15.4. The number of hydrogen-bond donors (Lipinski definition) is 1. The fourth-order valence-corrected chi connectivity index (χ4v) is 4.23. The molecule has 1 heterocycles. The summed E-state index contributed by atoms with van der Waals surface area (Å²) >= 11 is 0. The number of rotatable bonds is 9. The third kappa shape index (κ3) is 5.86. The SMILES string of the molecule is C=C(CC(C)C)C(NCc1ccc(OC)cc1)c1ccccc1N1CCCCC1. The molecule has 0 bridgehead atoms. The average Bonchev–Trinajstić information content (AvgIpc) is 2.75. The van der Waals surface area contributed by atoms with E-state index in [1.807, 2.05) is 12.1 Å². The molecular weight excluding hydrogens is 356 g/mol. The number of benzene rings is 2. The minimum absolute atomic E-state index is 0.151. The van der Waals surface area contributed by atoms with E-state index in [0.29, 0.717) is 5.92 Å².